The number of methoxy groups -OCH3 is 3. The van der Waals surface area contributed by atoms with E-state index >= 15 is 0 Å². The summed E-state index contributed by atoms with van der Waals surface area (Å²) in [5, 5.41) is 14.2. The molecule has 0 unspecified atom stereocenters. The Balaban J connectivity index is 1.65. The summed E-state index contributed by atoms with van der Waals surface area (Å²) in [4.78, 5) is 16.8. The van der Waals surface area contributed by atoms with E-state index in [4.69, 9.17) is 18.9 Å². The molecule has 0 saturated heterocycles. The number of fused-ring (bicyclic) bond motifs is 1. The standard InChI is InChI=1S/C30H34N2O6/c1-5-12-38-26-11-10-19(20-15-27(35-2)29(37-4)28(16-20)36-3)14-24(26)30(34)32-22(18-33)13-21-17-31-25-9-7-6-8-23(21)25/h6-11,14-17,22,31,33H,5,12-13,18H2,1-4H3,(H,32,34)/t22-/m1/s1. The van der Waals surface area contributed by atoms with Gasteiger partial charge in [-0.05, 0) is 59.9 Å². The predicted octanol–water partition coefficient (Wildman–Crippen LogP) is 4.98. The SMILES string of the molecule is CCCOc1ccc(-c2cc(OC)c(OC)c(OC)c2)cc1C(=O)N[C@@H](CO)Cc1c[nH]c2ccccc12. The molecule has 0 radical (unpaired) electrons. The second-order valence-electron chi connectivity index (χ2n) is 8.89. The van der Waals surface area contributed by atoms with Crippen molar-refractivity contribution in [2.45, 2.75) is 25.8 Å². The van der Waals surface area contributed by atoms with Crippen molar-refractivity contribution >= 4 is 16.8 Å². The van der Waals surface area contributed by atoms with Crippen LogP contribution < -0.4 is 24.3 Å². The van der Waals surface area contributed by atoms with E-state index in [9.17, 15) is 9.90 Å². The van der Waals surface area contributed by atoms with Crippen molar-refractivity contribution in [2.24, 2.45) is 0 Å². The Hall–Kier alpha value is -4.17. The molecular weight excluding hydrogens is 484 g/mol. The summed E-state index contributed by atoms with van der Waals surface area (Å²) in [5.41, 5.74) is 3.97. The molecule has 3 aromatic carbocycles. The van der Waals surface area contributed by atoms with Crippen LogP contribution in [0.25, 0.3) is 22.0 Å². The molecule has 8 nitrogen and oxygen atoms in total. The molecule has 0 saturated carbocycles. The van der Waals surface area contributed by atoms with E-state index < -0.39 is 6.04 Å². The van der Waals surface area contributed by atoms with Crippen LogP contribution in [0.4, 0.5) is 0 Å². The highest BCUT2D eigenvalue weighted by Gasteiger charge is 2.21. The van der Waals surface area contributed by atoms with Gasteiger partial charge in [0.05, 0.1) is 46.1 Å². The van der Waals surface area contributed by atoms with Crippen molar-refractivity contribution in [1.82, 2.24) is 10.3 Å². The van der Waals surface area contributed by atoms with Crippen LogP contribution >= 0.6 is 0 Å². The molecule has 200 valence electrons. The van der Waals surface area contributed by atoms with Gasteiger partial charge in [-0.15, -0.1) is 0 Å². The lowest BCUT2D eigenvalue weighted by Gasteiger charge is -2.19. The number of aliphatic hydroxyl groups is 1. The molecule has 3 N–H and O–H groups in total. The van der Waals surface area contributed by atoms with Gasteiger partial charge in [0.25, 0.3) is 5.91 Å². The van der Waals surface area contributed by atoms with Crippen molar-refractivity contribution in [3.63, 3.8) is 0 Å². The minimum atomic E-state index is -0.481. The van der Waals surface area contributed by atoms with Gasteiger partial charge in [-0.1, -0.05) is 31.2 Å². The number of H-pyrrole nitrogens is 1. The molecule has 1 atom stereocenters. The van der Waals surface area contributed by atoms with Crippen LogP contribution in [-0.2, 0) is 6.42 Å². The minimum absolute atomic E-state index is 0.205. The number of amides is 1. The number of ether oxygens (including phenoxy) is 4. The van der Waals surface area contributed by atoms with Gasteiger partial charge in [0.1, 0.15) is 5.75 Å². The number of hydrogen-bond donors (Lipinski definition) is 3. The van der Waals surface area contributed by atoms with Crippen LogP contribution in [-0.4, -0.2) is 56.6 Å². The largest absolute Gasteiger partial charge is 0.493 e. The first-order valence-electron chi connectivity index (χ1n) is 12.6. The normalized spacial score (nSPS) is 11.7. The summed E-state index contributed by atoms with van der Waals surface area (Å²) in [6.45, 7) is 2.28. The highest BCUT2D eigenvalue weighted by atomic mass is 16.5. The van der Waals surface area contributed by atoms with E-state index in [1.807, 2.05) is 55.6 Å². The molecular formula is C30H34N2O6. The molecule has 1 aromatic heterocycles. The van der Waals surface area contributed by atoms with Gasteiger partial charge in [-0.2, -0.15) is 0 Å². The first-order chi connectivity index (χ1) is 18.5. The first-order valence-corrected chi connectivity index (χ1v) is 12.6. The lowest BCUT2D eigenvalue weighted by atomic mass is 10.00. The number of nitrogens with one attached hydrogen (secondary N) is 2. The van der Waals surface area contributed by atoms with Gasteiger partial charge in [-0.25, -0.2) is 0 Å². The zero-order chi connectivity index (χ0) is 27.1. The van der Waals surface area contributed by atoms with Crippen molar-refractivity contribution in [1.29, 1.82) is 0 Å². The van der Waals surface area contributed by atoms with Crippen LogP contribution in [0.2, 0.25) is 0 Å². The zero-order valence-corrected chi connectivity index (χ0v) is 22.2. The molecule has 0 bridgehead atoms. The number of carbonyl (C=O) groups excluding carboxylic acids is 1. The van der Waals surface area contributed by atoms with E-state index in [-0.39, 0.29) is 12.5 Å². The Morgan fingerprint density at radius 2 is 1.68 bits per heavy atom. The zero-order valence-electron chi connectivity index (χ0n) is 22.2. The maximum Gasteiger partial charge on any atom is 0.255 e. The predicted molar refractivity (Wildman–Crippen MR) is 148 cm³/mol. The van der Waals surface area contributed by atoms with Gasteiger partial charge in [-0.3, -0.25) is 4.79 Å². The monoisotopic (exact) mass is 518 g/mol. The van der Waals surface area contributed by atoms with E-state index in [0.717, 1.165) is 34.0 Å². The van der Waals surface area contributed by atoms with Crippen LogP contribution in [0.3, 0.4) is 0 Å². The van der Waals surface area contributed by atoms with Crippen molar-refractivity contribution < 1.29 is 28.8 Å². The topological polar surface area (TPSA) is 102 Å². The number of hydrogen-bond acceptors (Lipinski definition) is 6. The third-order valence-corrected chi connectivity index (χ3v) is 6.38. The minimum Gasteiger partial charge on any atom is -0.493 e. The molecule has 8 heteroatoms. The first kappa shape index (κ1) is 26.9. The number of aromatic nitrogens is 1. The summed E-state index contributed by atoms with van der Waals surface area (Å²) < 4.78 is 22.4. The third kappa shape index (κ3) is 5.70. The second kappa shape index (κ2) is 12.4. The summed E-state index contributed by atoms with van der Waals surface area (Å²) in [6.07, 6.45) is 3.19. The Morgan fingerprint density at radius 1 is 0.947 bits per heavy atom. The van der Waals surface area contributed by atoms with Crippen LogP contribution in [0.15, 0.2) is 60.8 Å². The third-order valence-electron chi connectivity index (χ3n) is 6.38. The summed E-state index contributed by atoms with van der Waals surface area (Å²) in [6, 6.07) is 16.6. The molecule has 0 aliphatic carbocycles. The van der Waals surface area contributed by atoms with Crippen molar-refractivity contribution in [3.8, 4) is 34.1 Å². The average Bonchev–Trinajstić information content (AvgIpc) is 3.37. The van der Waals surface area contributed by atoms with E-state index in [2.05, 4.69) is 10.3 Å². The molecule has 1 amide bonds. The Bertz CT molecular complexity index is 1370. The van der Waals surface area contributed by atoms with Crippen LogP contribution in [0.1, 0.15) is 29.3 Å². The van der Waals surface area contributed by atoms with Gasteiger partial charge in [0.15, 0.2) is 11.5 Å². The van der Waals surface area contributed by atoms with Crippen LogP contribution in [0.5, 0.6) is 23.0 Å². The van der Waals surface area contributed by atoms with Gasteiger partial charge in [0.2, 0.25) is 5.75 Å². The summed E-state index contributed by atoms with van der Waals surface area (Å²) in [7, 11) is 4.67. The number of aromatic amines is 1. The number of aliphatic hydroxyl groups excluding tert-OH is 1. The highest BCUT2D eigenvalue weighted by molar-refractivity contribution is 5.98. The Labute approximate surface area is 222 Å². The fourth-order valence-electron chi connectivity index (χ4n) is 4.46. The number of para-hydroxylation sites is 1. The molecule has 4 aromatic rings. The molecule has 0 aliphatic rings. The van der Waals surface area contributed by atoms with E-state index in [1.165, 1.54) is 0 Å². The lowest BCUT2D eigenvalue weighted by Crippen LogP contribution is -2.39. The fraction of sp³-hybridized carbons (Fsp3) is 0.300. The van der Waals surface area contributed by atoms with Crippen molar-refractivity contribution in [2.75, 3.05) is 34.5 Å². The summed E-state index contributed by atoms with van der Waals surface area (Å²) >= 11 is 0. The molecule has 1 heterocycles. The molecule has 4 rings (SSSR count). The Morgan fingerprint density at radius 3 is 2.34 bits per heavy atom. The highest BCUT2D eigenvalue weighted by Crippen LogP contribution is 2.41. The van der Waals surface area contributed by atoms with Crippen molar-refractivity contribution in [3.05, 3.63) is 71.9 Å². The summed E-state index contributed by atoms with van der Waals surface area (Å²) in [5.74, 6) is 1.66. The number of rotatable bonds is 12. The quantitative estimate of drug-likeness (QED) is 0.244. The van der Waals surface area contributed by atoms with Crippen LogP contribution in [0, 0.1) is 0 Å². The van der Waals surface area contributed by atoms with Gasteiger partial charge < -0.3 is 34.4 Å². The second-order valence-corrected chi connectivity index (χ2v) is 8.89. The van der Waals surface area contributed by atoms with E-state index in [1.54, 1.807) is 33.5 Å². The number of benzene rings is 3. The molecule has 38 heavy (non-hydrogen) atoms. The maximum absolute atomic E-state index is 13.5. The number of carbonyl (C=O) groups is 1. The maximum atomic E-state index is 13.5. The van der Waals surface area contributed by atoms with E-state index in [0.29, 0.717) is 41.6 Å². The van der Waals surface area contributed by atoms with Gasteiger partial charge >= 0.3 is 0 Å². The van der Waals surface area contributed by atoms with Gasteiger partial charge in [0, 0.05) is 17.1 Å². The molecule has 0 spiro atoms. The molecule has 0 fully saturated rings. The lowest BCUT2D eigenvalue weighted by molar-refractivity contribution is 0.0912. The smallest absolute Gasteiger partial charge is 0.255 e. The molecule has 0 aliphatic heterocycles. The average molecular weight is 519 g/mol. The Kier molecular flexibility index (Phi) is 8.76. The fourth-order valence-corrected chi connectivity index (χ4v) is 4.46.